The molecule has 8 heteroatoms. The maximum absolute atomic E-state index is 13.3. The van der Waals surface area contributed by atoms with Gasteiger partial charge in [-0.2, -0.15) is 0 Å². The van der Waals surface area contributed by atoms with Crippen LogP contribution >= 0.6 is 23.1 Å². The molecule has 3 aromatic rings. The standard InChI is InChI=1S/C19H19FN4OS2/c1-23(11-13-4-2-5-14(20)10-13)17(25)12-27-19-22-21-18(16-6-3-9-26-16)24(19)15-7-8-15/h2-6,9-10,15H,7-8,11-12H2,1H3. The van der Waals surface area contributed by atoms with Gasteiger partial charge in [0.25, 0.3) is 0 Å². The zero-order valence-corrected chi connectivity index (χ0v) is 16.5. The molecule has 0 radical (unpaired) electrons. The number of amides is 1. The van der Waals surface area contributed by atoms with Gasteiger partial charge in [0.1, 0.15) is 5.82 Å². The van der Waals surface area contributed by atoms with Crippen LogP contribution in [0.25, 0.3) is 10.7 Å². The predicted molar refractivity (Wildman–Crippen MR) is 105 cm³/mol. The van der Waals surface area contributed by atoms with Crippen LogP contribution in [0.1, 0.15) is 24.4 Å². The lowest BCUT2D eigenvalue weighted by Crippen LogP contribution is -2.28. The minimum absolute atomic E-state index is 0.0210. The monoisotopic (exact) mass is 402 g/mol. The Bertz CT molecular complexity index is 937. The largest absolute Gasteiger partial charge is 0.341 e. The van der Waals surface area contributed by atoms with E-state index in [2.05, 4.69) is 14.8 Å². The Labute approximate surface area is 165 Å². The second kappa shape index (κ2) is 7.82. The molecule has 1 amide bonds. The molecule has 0 saturated heterocycles. The second-order valence-corrected chi connectivity index (χ2v) is 8.44. The third kappa shape index (κ3) is 4.22. The van der Waals surface area contributed by atoms with Gasteiger partial charge in [0.15, 0.2) is 11.0 Å². The Kier molecular flexibility index (Phi) is 5.27. The van der Waals surface area contributed by atoms with Crippen LogP contribution in [0.2, 0.25) is 0 Å². The fourth-order valence-corrected chi connectivity index (χ4v) is 4.50. The molecule has 0 aliphatic heterocycles. The smallest absolute Gasteiger partial charge is 0.233 e. The van der Waals surface area contributed by atoms with Gasteiger partial charge in [-0.15, -0.1) is 21.5 Å². The average Bonchev–Trinajstić information content (AvgIpc) is 3.17. The number of rotatable bonds is 7. The summed E-state index contributed by atoms with van der Waals surface area (Å²) >= 11 is 3.05. The Morgan fingerprint density at radius 3 is 2.89 bits per heavy atom. The maximum Gasteiger partial charge on any atom is 0.233 e. The molecule has 2 heterocycles. The van der Waals surface area contributed by atoms with Crippen molar-refractivity contribution in [2.24, 2.45) is 0 Å². The van der Waals surface area contributed by atoms with Crippen LogP contribution in [0.3, 0.4) is 0 Å². The van der Waals surface area contributed by atoms with Crippen LogP contribution in [0, 0.1) is 5.82 Å². The number of hydrogen-bond donors (Lipinski definition) is 0. The molecule has 1 aromatic carbocycles. The van der Waals surface area contributed by atoms with Crippen molar-refractivity contribution in [3.05, 3.63) is 53.2 Å². The van der Waals surface area contributed by atoms with E-state index in [1.54, 1.807) is 29.4 Å². The Morgan fingerprint density at radius 2 is 2.19 bits per heavy atom. The van der Waals surface area contributed by atoms with Gasteiger partial charge in [0, 0.05) is 19.6 Å². The molecule has 1 fully saturated rings. The molecule has 2 aromatic heterocycles. The van der Waals surface area contributed by atoms with E-state index < -0.39 is 0 Å². The lowest BCUT2D eigenvalue weighted by molar-refractivity contribution is -0.127. The zero-order valence-electron chi connectivity index (χ0n) is 14.8. The molecule has 1 aliphatic carbocycles. The summed E-state index contributed by atoms with van der Waals surface area (Å²) in [5.41, 5.74) is 0.775. The molecule has 0 unspecified atom stereocenters. The lowest BCUT2D eigenvalue weighted by atomic mass is 10.2. The Hall–Kier alpha value is -2.19. The number of halogens is 1. The fraction of sp³-hybridized carbons (Fsp3) is 0.316. The average molecular weight is 403 g/mol. The molecular formula is C19H19FN4OS2. The number of thioether (sulfide) groups is 1. The van der Waals surface area contributed by atoms with Gasteiger partial charge in [0.05, 0.1) is 10.6 Å². The highest BCUT2D eigenvalue weighted by atomic mass is 32.2. The number of carbonyl (C=O) groups excluding carboxylic acids is 1. The van der Waals surface area contributed by atoms with E-state index in [1.165, 1.54) is 23.9 Å². The van der Waals surface area contributed by atoms with Crippen molar-refractivity contribution in [3.8, 4) is 10.7 Å². The summed E-state index contributed by atoms with van der Waals surface area (Å²) < 4.78 is 15.5. The number of carbonyl (C=O) groups is 1. The van der Waals surface area contributed by atoms with E-state index >= 15 is 0 Å². The molecule has 1 saturated carbocycles. The van der Waals surface area contributed by atoms with Crippen LogP contribution in [0.15, 0.2) is 46.9 Å². The topological polar surface area (TPSA) is 51.0 Å². The molecule has 5 nitrogen and oxygen atoms in total. The third-order valence-corrected chi connectivity index (χ3v) is 6.17. The van der Waals surface area contributed by atoms with Crippen LogP contribution in [0.5, 0.6) is 0 Å². The predicted octanol–water partition coefficient (Wildman–Crippen LogP) is 4.23. The Morgan fingerprint density at radius 1 is 1.33 bits per heavy atom. The SMILES string of the molecule is CN(Cc1cccc(F)c1)C(=O)CSc1nnc(-c2cccs2)n1C1CC1. The van der Waals surface area contributed by atoms with Gasteiger partial charge >= 0.3 is 0 Å². The lowest BCUT2D eigenvalue weighted by Gasteiger charge is -2.17. The van der Waals surface area contributed by atoms with E-state index in [-0.39, 0.29) is 17.5 Å². The van der Waals surface area contributed by atoms with Crippen molar-refractivity contribution in [1.82, 2.24) is 19.7 Å². The van der Waals surface area contributed by atoms with Crippen LogP contribution in [0.4, 0.5) is 4.39 Å². The first kappa shape index (κ1) is 18.2. The second-order valence-electron chi connectivity index (χ2n) is 6.55. The summed E-state index contributed by atoms with van der Waals surface area (Å²) in [5, 5.41) is 11.5. The van der Waals surface area contributed by atoms with E-state index in [0.29, 0.717) is 12.6 Å². The van der Waals surface area contributed by atoms with Crippen molar-refractivity contribution < 1.29 is 9.18 Å². The highest BCUT2D eigenvalue weighted by Crippen LogP contribution is 2.41. The molecule has 140 valence electrons. The van der Waals surface area contributed by atoms with E-state index in [4.69, 9.17) is 0 Å². The van der Waals surface area contributed by atoms with E-state index in [1.807, 2.05) is 23.6 Å². The molecule has 27 heavy (non-hydrogen) atoms. The highest BCUT2D eigenvalue weighted by molar-refractivity contribution is 7.99. The summed E-state index contributed by atoms with van der Waals surface area (Å²) in [4.78, 5) is 15.2. The summed E-state index contributed by atoms with van der Waals surface area (Å²) in [5.74, 6) is 0.852. The first-order chi connectivity index (χ1) is 13.1. The number of benzene rings is 1. The molecule has 4 rings (SSSR count). The summed E-state index contributed by atoms with van der Waals surface area (Å²) in [6.07, 6.45) is 2.24. The normalized spacial score (nSPS) is 13.7. The van der Waals surface area contributed by atoms with Crippen molar-refractivity contribution in [2.75, 3.05) is 12.8 Å². The van der Waals surface area contributed by atoms with Gasteiger partial charge < -0.3 is 4.90 Å². The fourth-order valence-electron chi connectivity index (χ4n) is 2.84. The summed E-state index contributed by atoms with van der Waals surface area (Å²) in [7, 11) is 1.73. The third-order valence-electron chi connectivity index (χ3n) is 4.38. The number of hydrogen-bond acceptors (Lipinski definition) is 5. The molecule has 0 N–H and O–H groups in total. The zero-order chi connectivity index (χ0) is 18.8. The highest BCUT2D eigenvalue weighted by Gasteiger charge is 2.30. The van der Waals surface area contributed by atoms with Crippen LogP contribution in [-0.2, 0) is 11.3 Å². The minimum Gasteiger partial charge on any atom is -0.341 e. The molecule has 0 spiro atoms. The van der Waals surface area contributed by atoms with Gasteiger partial charge in [-0.25, -0.2) is 4.39 Å². The molecular weight excluding hydrogens is 383 g/mol. The first-order valence-corrected chi connectivity index (χ1v) is 10.6. The minimum atomic E-state index is -0.290. The Balaban J connectivity index is 1.42. The number of thiophene rings is 1. The van der Waals surface area contributed by atoms with Crippen molar-refractivity contribution in [3.63, 3.8) is 0 Å². The van der Waals surface area contributed by atoms with Crippen molar-refractivity contribution >= 4 is 29.0 Å². The maximum atomic E-state index is 13.3. The first-order valence-electron chi connectivity index (χ1n) is 8.72. The van der Waals surface area contributed by atoms with E-state index in [9.17, 15) is 9.18 Å². The van der Waals surface area contributed by atoms with Crippen molar-refractivity contribution in [2.45, 2.75) is 30.6 Å². The number of nitrogens with zero attached hydrogens (tertiary/aromatic N) is 4. The summed E-state index contributed by atoms with van der Waals surface area (Å²) in [6, 6.07) is 10.8. The quantitative estimate of drug-likeness (QED) is 0.555. The van der Waals surface area contributed by atoms with Crippen LogP contribution < -0.4 is 0 Å². The van der Waals surface area contributed by atoms with Gasteiger partial charge in [-0.1, -0.05) is 30.0 Å². The molecule has 1 aliphatic rings. The number of aromatic nitrogens is 3. The van der Waals surface area contributed by atoms with Crippen molar-refractivity contribution in [1.29, 1.82) is 0 Å². The summed E-state index contributed by atoms with van der Waals surface area (Å²) in [6.45, 7) is 0.382. The van der Waals surface area contributed by atoms with Crippen LogP contribution in [-0.4, -0.2) is 38.4 Å². The van der Waals surface area contributed by atoms with Gasteiger partial charge in [0.2, 0.25) is 5.91 Å². The van der Waals surface area contributed by atoms with Gasteiger partial charge in [-0.05, 0) is 42.0 Å². The molecule has 0 bridgehead atoms. The molecule has 0 atom stereocenters. The van der Waals surface area contributed by atoms with E-state index in [0.717, 1.165) is 34.3 Å². The van der Waals surface area contributed by atoms with Gasteiger partial charge in [-0.3, -0.25) is 9.36 Å².